The van der Waals surface area contributed by atoms with Crippen molar-refractivity contribution in [3.8, 4) is 0 Å². The lowest BCUT2D eigenvalue weighted by Gasteiger charge is -2.35. The van der Waals surface area contributed by atoms with Crippen LogP contribution in [0.25, 0.3) is 0 Å². The van der Waals surface area contributed by atoms with E-state index in [2.05, 4.69) is 19.2 Å². The van der Waals surface area contributed by atoms with E-state index in [1.807, 2.05) is 31.0 Å². The van der Waals surface area contributed by atoms with Gasteiger partial charge in [0.2, 0.25) is 0 Å². The number of nitrogens with two attached hydrogens (primary N) is 1. The summed E-state index contributed by atoms with van der Waals surface area (Å²) in [5.41, 5.74) is 9.44. The Morgan fingerprint density at radius 2 is 1.77 bits per heavy atom. The van der Waals surface area contributed by atoms with Crippen LogP contribution in [0.2, 0.25) is 0 Å². The number of aliphatic imine (C=N–C) groups is 1. The molecule has 4 rings (SSSR count). The molecule has 1 aromatic rings. The highest BCUT2D eigenvalue weighted by Crippen LogP contribution is 2.40. The highest BCUT2D eigenvalue weighted by atomic mass is 16.7. The number of nitrogens with one attached hydrogen (secondary N) is 1. The summed E-state index contributed by atoms with van der Waals surface area (Å²) in [6, 6.07) is 3.50. The van der Waals surface area contributed by atoms with Gasteiger partial charge in [0.25, 0.3) is 5.91 Å². The first-order valence-corrected chi connectivity index (χ1v) is 12.9. The van der Waals surface area contributed by atoms with Crippen LogP contribution >= 0.6 is 0 Å². The van der Waals surface area contributed by atoms with Crippen molar-refractivity contribution in [2.45, 2.75) is 78.2 Å². The van der Waals surface area contributed by atoms with Crippen molar-refractivity contribution in [3.63, 3.8) is 0 Å². The predicted molar refractivity (Wildman–Crippen MR) is 138 cm³/mol. The molecule has 2 fully saturated rings. The Kier molecular flexibility index (Phi) is 7.25. The maximum absolute atomic E-state index is 12.9. The summed E-state index contributed by atoms with van der Waals surface area (Å²) < 4.78 is 0. The second-order valence-electron chi connectivity index (χ2n) is 11.4. The zero-order valence-corrected chi connectivity index (χ0v) is 21.9. The number of benzene rings is 1. The van der Waals surface area contributed by atoms with Gasteiger partial charge in [-0.3, -0.25) is 19.5 Å². The Balaban J connectivity index is 1.29. The van der Waals surface area contributed by atoms with Gasteiger partial charge in [-0.1, -0.05) is 13.8 Å². The molecule has 0 aromatic heterocycles. The summed E-state index contributed by atoms with van der Waals surface area (Å²) in [7, 11) is 1.68. The molecule has 0 atom stereocenters. The number of carbonyl (C=O) groups excluding carboxylic acids is 2. The van der Waals surface area contributed by atoms with E-state index in [4.69, 9.17) is 15.6 Å². The van der Waals surface area contributed by atoms with Crippen LogP contribution in [0.3, 0.4) is 0 Å². The molecule has 1 saturated heterocycles. The van der Waals surface area contributed by atoms with E-state index in [0.29, 0.717) is 43.9 Å². The Morgan fingerprint density at radius 1 is 1.17 bits per heavy atom. The Labute approximate surface area is 209 Å². The quantitative estimate of drug-likeness (QED) is 0.641. The van der Waals surface area contributed by atoms with Gasteiger partial charge in [0.05, 0.1) is 6.61 Å². The van der Waals surface area contributed by atoms with E-state index in [1.165, 1.54) is 23.3 Å². The van der Waals surface area contributed by atoms with Crippen LogP contribution in [0.15, 0.2) is 17.1 Å². The van der Waals surface area contributed by atoms with Crippen molar-refractivity contribution in [3.05, 3.63) is 28.8 Å². The van der Waals surface area contributed by atoms with Crippen LogP contribution in [0.5, 0.6) is 0 Å². The summed E-state index contributed by atoms with van der Waals surface area (Å²) in [6.45, 7) is 10.7. The van der Waals surface area contributed by atoms with Crippen LogP contribution in [-0.2, 0) is 16.1 Å². The van der Waals surface area contributed by atoms with Crippen LogP contribution in [0.1, 0.15) is 69.1 Å². The zero-order valence-electron chi connectivity index (χ0n) is 21.9. The molecule has 1 aliphatic carbocycles. The maximum atomic E-state index is 12.9. The first-order chi connectivity index (χ1) is 16.5. The highest BCUT2D eigenvalue weighted by molar-refractivity contribution is 6.09. The topological polar surface area (TPSA) is 100 Å². The van der Waals surface area contributed by atoms with Gasteiger partial charge >= 0.3 is 6.03 Å². The molecule has 192 valence electrons. The zero-order chi connectivity index (χ0) is 25.4. The number of amides is 3. The number of piperidine rings is 1. The predicted octanol–water partition coefficient (Wildman–Crippen LogP) is 3.87. The van der Waals surface area contributed by atoms with Crippen molar-refractivity contribution >= 4 is 23.5 Å². The van der Waals surface area contributed by atoms with E-state index < -0.39 is 11.6 Å². The van der Waals surface area contributed by atoms with Crippen molar-refractivity contribution < 1.29 is 14.4 Å². The molecule has 0 bridgehead atoms. The fourth-order valence-electron chi connectivity index (χ4n) is 5.69. The molecule has 8 nitrogen and oxygen atoms in total. The van der Waals surface area contributed by atoms with Crippen LogP contribution < -0.4 is 16.0 Å². The molecule has 2 heterocycles. The summed E-state index contributed by atoms with van der Waals surface area (Å²) in [5, 5.41) is 5.12. The SMILES string of the molecule is Cc1cc(N(C)C(N)=O)cc(C)c1CCON1CCC2(CC1)N=C(C1CCC(C)(C)CC1)NC2=O. The van der Waals surface area contributed by atoms with Gasteiger partial charge in [-0.05, 0) is 93.0 Å². The molecule has 1 spiro atoms. The third-order valence-corrected chi connectivity index (χ3v) is 8.30. The Morgan fingerprint density at radius 3 is 2.34 bits per heavy atom. The monoisotopic (exact) mass is 483 g/mol. The number of rotatable bonds is 6. The largest absolute Gasteiger partial charge is 0.351 e. The molecule has 1 saturated carbocycles. The van der Waals surface area contributed by atoms with Gasteiger partial charge in [-0.2, -0.15) is 5.06 Å². The van der Waals surface area contributed by atoms with E-state index in [0.717, 1.165) is 41.9 Å². The van der Waals surface area contributed by atoms with Crippen molar-refractivity contribution in [2.24, 2.45) is 22.1 Å². The minimum atomic E-state index is -0.613. The molecular formula is C27H41N5O3. The lowest BCUT2D eigenvalue weighted by Crippen LogP contribution is -2.49. The van der Waals surface area contributed by atoms with E-state index >= 15 is 0 Å². The number of aryl methyl sites for hydroxylation is 2. The van der Waals surface area contributed by atoms with Crippen molar-refractivity contribution in [1.29, 1.82) is 0 Å². The minimum absolute atomic E-state index is 0.0734. The standard InChI is InChI=1S/C27H41N5O3/c1-18-16-21(31(5)25(28)34)17-19(2)22(18)8-15-35-32-13-11-27(12-14-32)24(33)29-23(30-27)20-6-9-26(3,4)10-7-20/h16-17,20H,6-15H2,1-5H3,(H2,28,34)(H,29,30,33). The van der Waals surface area contributed by atoms with Crippen LogP contribution in [-0.4, -0.2) is 55.1 Å². The normalized spacial score (nSPS) is 22.2. The van der Waals surface area contributed by atoms with Gasteiger partial charge in [0.15, 0.2) is 0 Å². The highest BCUT2D eigenvalue weighted by Gasteiger charge is 2.47. The summed E-state index contributed by atoms with van der Waals surface area (Å²) in [5.74, 6) is 1.39. The fourth-order valence-corrected chi connectivity index (χ4v) is 5.69. The third kappa shape index (κ3) is 5.54. The Bertz CT molecular complexity index is 977. The van der Waals surface area contributed by atoms with Crippen LogP contribution in [0, 0.1) is 25.2 Å². The van der Waals surface area contributed by atoms with E-state index in [1.54, 1.807) is 7.05 Å². The fraction of sp³-hybridized carbons (Fsp3) is 0.667. The number of primary amides is 1. The number of amidine groups is 1. The van der Waals surface area contributed by atoms with Crippen LogP contribution in [0.4, 0.5) is 10.5 Å². The maximum Gasteiger partial charge on any atom is 0.318 e. The smallest absolute Gasteiger partial charge is 0.318 e. The number of carbonyl (C=O) groups is 2. The first-order valence-electron chi connectivity index (χ1n) is 12.9. The number of nitrogens with zero attached hydrogens (tertiary/aromatic N) is 3. The van der Waals surface area contributed by atoms with Crippen molar-refractivity contribution in [1.82, 2.24) is 10.4 Å². The molecule has 0 unspecified atom stereocenters. The van der Waals surface area contributed by atoms with E-state index in [-0.39, 0.29) is 5.91 Å². The summed E-state index contributed by atoms with van der Waals surface area (Å²) in [6.07, 6.45) is 6.74. The number of urea groups is 1. The number of anilines is 1. The molecule has 35 heavy (non-hydrogen) atoms. The molecule has 2 aliphatic heterocycles. The molecule has 3 N–H and O–H groups in total. The lowest BCUT2D eigenvalue weighted by molar-refractivity contribution is -0.176. The Hall–Kier alpha value is -2.45. The molecule has 3 aliphatic rings. The molecular weight excluding hydrogens is 442 g/mol. The summed E-state index contributed by atoms with van der Waals surface area (Å²) in [4.78, 5) is 36.9. The molecule has 8 heteroatoms. The summed E-state index contributed by atoms with van der Waals surface area (Å²) >= 11 is 0. The average Bonchev–Trinajstić information content (AvgIpc) is 3.11. The van der Waals surface area contributed by atoms with Gasteiger partial charge in [-0.15, -0.1) is 0 Å². The minimum Gasteiger partial charge on any atom is -0.351 e. The molecule has 3 amide bonds. The number of hydrogen-bond donors (Lipinski definition) is 2. The molecule has 0 radical (unpaired) electrons. The average molecular weight is 484 g/mol. The molecule has 1 aromatic carbocycles. The van der Waals surface area contributed by atoms with Crippen molar-refractivity contribution in [2.75, 3.05) is 31.6 Å². The third-order valence-electron chi connectivity index (χ3n) is 8.30. The van der Waals surface area contributed by atoms with Gasteiger partial charge in [0.1, 0.15) is 11.4 Å². The van der Waals surface area contributed by atoms with Gasteiger partial charge in [0, 0.05) is 31.7 Å². The second-order valence-corrected chi connectivity index (χ2v) is 11.4. The second kappa shape index (κ2) is 9.90. The first kappa shape index (κ1) is 25.6. The van der Waals surface area contributed by atoms with Gasteiger partial charge in [-0.25, -0.2) is 4.79 Å². The number of hydrogen-bond acceptors (Lipinski definition) is 5. The van der Waals surface area contributed by atoms with Gasteiger partial charge < -0.3 is 11.1 Å². The lowest BCUT2D eigenvalue weighted by atomic mass is 9.73. The number of hydroxylamine groups is 2. The van der Waals surface area contributed by atoms with E-state index in [9.17, 15) is 9.59 Å².